The highest BCUT2D eigenvalue weighted by Gasteiger charge is 2.30. The number of rotatable bonds is 6. The minimum atomic E-state index is -0.211. The Bertz CT molecular complexity index is 528. The van der Waals surface area contributed by atoms with Crippen molar-refractivity contribution in [3.8, 4) is 5.75 Å². The van der Waals surface area contributed by atoms with E-state index in [1.807, 2.05) is 30.3 Å². The molecule has 0 aliphatic heterocycles. The molecule has 0 unspecified atom stereocenters. The molecule has 1 amide bonds. The molecule has 0 atom stereocenters. The van der Waals surface area contributed by atoms with Gasteiger partial charge in [0.2, 0.25) is 0 Å². The molecule has 1 aromatic rings. The molecule has 4 heteroatoms. The van der Waals surface area contributed by atoms with Gasteiger partial charge < -0.3 is 4.74 Å². The summed E-state index contributed by atoms with van der Waals surface area (Å²) in [6, 6.07) is 9.33. The third-order valence-electron chi connectivity index (χ3n) is 5.03. The molecule has 23 heavy (non-hydrogen) atoms. The summed E-state index contributed by atoms with van der Waals surface area (Å²) in [6.07, 6.45) is 5.49. The minimum Gasteiger partial charge on any atom is -0.484 e. The van der Waals surface area contributed by atoms with Crippen LogP contribution in [0.5, 0.6) is 5.75 Å². The number of hydrogen-bond donors (Lipinski definition) is 1. The molecule has 2 rings (SSSR count). The van der Waals surface area contributed by atoms with Gasteiger partial charge in [-0.2, -0.15) is 5.10 Å². The predicted molar refractivity (Wildman–Crippen MR) is 93.5 cm³/mol. The minimum absolute atomic E-state index is 0.00765. The van der Waals surface area contributed by atoms with E-state index in [4.69, 9.17) is 4.74 Å². The number of para-hydroxylation sites is 1. The Morgan fingerprint density at radius 2 is 1.91 bits per heavy atom. The van der Waals surface area contributed by atoms with Gasteiger partial charge in [-0.3, -0.25) is 4.79 Å². The van der Waals surface area contributed by atoms with E-state index in [-0.39, 0.29) is 12.5 Å². The van der Waals surface area contributed by atoms with Crippen molar-refractivity contribution in [3.63, 3.8) is 0 Å². The first-order chi connectivity index (χ1) is 11.0. The van der Waals surface area contributed by atoms with Crippen LogP contribution in [0.25, 0.3) is 0 Å². The summed E-state index contributed by atoms with van der Waals surface area (Å²) < 4.78 is 5.40. The number of amides is 1. The highest BCUT2D eigenvalue weighted by atomic mass is 16.5. The van der Waals surface area contributed by atoms with E-state index in [9.17, 15) is 4.79 Å². The quantitative estimate of drug-likeness (QED) is 0.801. The molecular weight excluding hydrogens is 288 g/mol. The number of benzene rings is 1. The van der Waals surface area contributed by atoms with Crippen molar-refractivity contribution >= 4 is 11.6 Å². The molecule has 1 fully saturated rings. The van der Waals surface area contributed by atoms with Gasteiger partial charge in [0, 0.05) is 5.71 Å². The molecule has 0 heterocycles. The lowest BCUT2D eigenvalue weighted by molar-refractivity contribution is -0.123. The fraction of sp³-hybridized carbons (Fsp3) is 0.579. The molecule has 0 spiro atoms. The maximum Gasteiger partial charge on any atom is 0.277 e. The van der Waals surface area contributed by atoms with E-state index in [0.717, 1.165) is 37.3 Å². The zero-order valence-corrected chi connectivity index (χ0v) is 14.5. The molecule has 0 aromatic heterocycles. The van der Waals surface area contributed by atoms with Crippen molar-refractivity contribution in [3.05, 3.63) is 30.3 Å². The maximum atomic E-state index is 11.8. The Hall–Kier alpha value is -1.84. The van der Waals surface area contributed by atoms with Crippen LogP contribution < -0.4 is 10.2 Å². The van der Waals surface area contributed by atoms with Crippen LogP contribution in [0, 0.1) is 11.3 Å². The summed E-state index contributed by atoms with van der Waals surface area (Å²) in [5.74, 6) is 1.23. The fourth-order valence-electron chi connectivity index (χ4n) is 2.97. The highest BCUT2D eigenvalue weighted by Crippen LogP contribution is 2.39. The number of carbonyl (C=O) groups excluding carboxylic acids is 1. The molecule has 0 radical (unpaired) electrons. The highest BCUT2D eigenvalue weighted by molar-refractivity contribution is 5.87. The van der Waals surface area contributed by atoms with Gasteiger partial charge in [0.1, 0.15) is 5.75 Å². The van der Waals surface area contributed by atoms with Crippen molar-refractivity contribution < 1.29 is 9.53 Å². The Morgan fingerprint density at radius 3 is 2.52 bits per heavy atom. The molecule has 1 aliphatic rings. The van der Waals surface area contributed by atoms with E-state index in [0.29, 0.717) is 11.2 Å². The van der Waals surface area contributed by atoms with E-state index in [2.05, 4.69) is 31.3 Å². The summed E-state index contributed by atoms with van der Waals surface area (Å²) in [5, 5.41) is 4.27. The van der Waals surface area contributed by atoms with Crippen molar-refractivity contribution in [2.75, 3.05) is 6.61 Å². The number of hydrogen-bond acceptors (Lipinski definition) is 3. The first-order valence-electron chi connectivity index (χ1n) is 8.53. The first kappa shape index (κ1) is 17.5. The van der Waals surface area contributed by atoms with Crippen molar-refractivity contribution in [2.24, 2.45) is 16.4 Å². The number of ether oxygens (including phenoxy) is 1. The summed E-state index contributed by atoms with van der Waals surface area (Å²) in [4.78, 5) is 11.8. The SMILES string of the molecule is CCC(C)(C)C1CCC(=NNC(=O)COc2ccccc2)CC1. The Kier molecular flexibility index (Phi) is 6.20. The fourth-order valence-corrected chi connectivity index (χ4v) is 2.97. The number of carbonyl (C=O) groups is 1. The van der Waals surface area contributed by atoms with E-state index in [1.165, 1.54) is 6.42 Å². The number of nitrogens with zero attached hydrogens (tertiary/aromatic N) is 1. The van der Waals surface area contributed by atoms with Crippen LogP contribution in [0.15, 0.2) is 35.4 Å². The standard InChI is InChI=1S/C19H28N2O2/c1-4-19(2,3)15-10-12-16(13-11-15)20-21-18(22)14-23-17-8-6-5-7-9-17/h5-9,15H,4,10-14H2,1-3H3,(H,21,22). The lowest BCUT2D eigenvalue weighted by Gasteiger charge is -2.36. The summed E-state index contributed by atoms with van der Waals surface area (Å²) in [5.41, 5.74) is 4.11. The van der Waals surface area contributed by atoms with Crippen molar-refractivity contribution in [1.82, 2.24) is 5.43 Å². The van der Waals surface area contributed by atoms with Gasteiger partial charge in [0.25, 0.3) is 5.91 Å². The van der Waals surface area contributed by atoms with Gasteiger partial charge in [-0.05, 0) is 49.1 Å². The second kappa shape index (κ2) is 8.14. The largest absolute Gasteiger partial charge is 0.484 e. The average Bonchev–Trinajstić information content (AvgIpc) is 2.59. The molecule has 4 nitrogen and oxygen atoms in total. The van der Waals surface area contributed by atoms with Crippen molar-refractivity contribution in [1.29, 1.82) is 0 Å². The second-order valence-electron chi connectivity index (χ2n) is 6.93. The van der Waals surface area contributed by atoms with Crippen LogP contribution in [-0.4, -0.2) is 18.2 Å². The molecule has 126 valence electrons. The number of nitrogens with one attached hydrogen (secondary N) is 1. The van der Waals surface area contributed by atoms with Crippen LogP contribution in [0.3, 0.4) is 0 Å². The van der Waals surface area contributed by atoms with Crippen LogP contribution in [0.4, 0.5) is 0 Å². The van der Waals surface area contributed by atoms with Gasteiger partial charge in [0.05, 0.1) is 0 Å². The van der Waals surface area contributed by atoms with Gasteiger partial charge >= 0.3 is 0 Å². The van der Waals surface area contributed by atoms with Crippen molar-refractivity contribution in [2.45, 2.75) is 52.9 Å². The first-order valence-corrected chi connectivity index (χ1v) is 8.53. The zero-order valence-electron chi connectivity index (χ0n) is 14.5. The molecular formula is C19H28N2O2. The Balaban J connectivity index is 1.73. The summed E-state index contributed by atoms with van der Waals surface area (Å²) in [7, 11) is 0. The van der Waals surface area contributed by atoms with Gasteiger partial charge in [-0.1, -0.05) is 45.4 Å². The third kappa shape index (κ3) is 5.38. The maximum absolute atomic E-state index is 11.8. The molecule has 0 bridgehead atoms. The van der Waals surface area contributed by atoms with Crippen LogP contribution in [0.1, 0.15) is 52.9 Å². The normalized spacial score (nSPS) is 18.4. The topological polar surface area (TPSA) is 50.7 Å². The smallest absolute Gasteiger partial charge is 0.277 e. The predicted octanol–water partition coefficient (Wildman–Crippen LogP) is 4.16. The molecule has 1 aromatic carbocycles. The molecule has 1 aliphatic carbocycles. The van der Waals surface area contributed by atoms with E-state index >= 15 is 0 Å². The lowest BCUT2D eigenvalue weighted by atomic mass is 9.69. The van der Waals surface area contributed by atoms with E-state index < -0.39 is 0 Å². The van der Waals surface area contributed by atoms with Gasteiger partial charge in [-0.15, -0.1) is 0 Å². The Morgan fingerprint density at radius 1 is 1.26 bits per heavy atom. The lowest BCUT2D eigenvalue weighted by Crippen LogP contribution is -2.30. The molecule has 1 saturated carbocycles. The monoisotopic (exact) mass is 316 g/mol. The summed E-state index contributed by atoms with van der Waals surface area (Å²) >= 11 is 0. The van der Waals surface area contributed by atoms with Crippen LogP contribution in [-0.2, 0) is 4.79 Å². The van der Waals surface area contributed by atoms with Gasteiger partial charge in [-0.25, -0.2) is 5.43 Å². The Labute approximate surface area is 139 Å². The van der Waals surface area contributed by atoms with Gasteiger partial charge in [0.15, 0.2) is 6.61 Å². The molecule has 1 N–H and O–H groups in total. The third-order valence-corrected chi connectivity index (χ3v) is 5.03. The zero-order chi connectivity index (χ0) is 16.7. The average molecular weight is 316 g/mol. The van der Waals surface area contributed by atoms with E-state index in [1.54, 1.807) is 0 Å². The summed E-state index contributed by atoms with van der Waals surface area (Å²) in [6.45, 7) is 6.95. The molecule has 0 saturated heterocycles. The van der Waals surface area contributed by atoms with Crippen LogP contribution in [0.2, 0.25) is 0 Å². The van der Waals surface area contributed by atoms with Crippen LogP contribution >= 0.6 is 0 Å². The second-order valence-corrected chi connectivity index (χ2v) is 6.93. The number of hydrazone groups is 1.